The van der Waals surface area contributed by atoms with Crippen LogP contribution in [-0.2, 0) is 11.3 Å². The first-order valence-corrected chi connectivity index (χ1v) is 7.69. The van der Waals surface area contributed by atoms with Crippen molar-refractivity contribution < 1.29 is 13.6 Å². The van der Waals surface area contributed by atoms with E-state index < -0.39 is 5.82 Å². The normalized spacial score (nSPS) is 10.7. The Morgan fingerprint density at radius 1 is 1.12 bits per heavy atom. The third-order valence-electron chi connectivity index (χ3n) is 3.40. The lowest BCUT2D eigenvalue weighted by molar-refractivity contribution is -0.115. The van der Waals surface area contributed by atoms with Gasteiger partial charge in [-0.05, 0) is 35.9 Å². The van der Waals surface area contributed by atoms with E-state index in [0.717, 1.165) is 5.56 Å². The minimum Gasteiger partial charge on any atom is -0.347 e. The van der Waals surface area contributed by atoms with Crippen LogP contribution in [0.15, 0.2) is 53.5 Å². The third-order valence-corrected chi connectivity index (χ3v) is 3.40. The molecule has 140 valence electrons. The molecule has 5 nitrogen and oxygen atoms in total. The van der Waals surface area contributed by atoms with Gasteiger partial charge in [-0.1, -0.05) is 18.2 Å². The summed E-state index contributed by atoms with van der Waals surface area (Å²) in [5, 5.41) is 5.51. The van der Waals surface area contributed by atoms with E-state index in [1.54, 1.807) is 31.1 Å². The van der Waals surface area contributed by atoms with Gasteiger partial charge in [-0.25, -0.2) is 8.78 Å². The van der Waals surface area contributed by atoms with Gasteiger partial charge in [0.25, 0.3) is 0 Å². The summed E-state index contributed by atoms with van der Waals surface area (Å²) in [6.07, 6.45) is 0. The van der Waals surface area contributed by atoms with E-state index in [1.165, 1.54) is 30.3 Å². The fraction of sp³-hybridized carbons (Fsp3) is 0.222. The number of amides is 1. The largest absolute Gasteiger partial charge is 0.347 e. The van der Waals surface area contributed by atoms with Crippen LogP contribution in [0.25, 0.3) is 0 Å². The van der Waals surface area contributed by atoms with Gasteiger partial charge in [0.05, 0.1) is 6.54 Å². The molecule has 0 unspecified atom stereocenters. The van der Waals surface area contributed by atoms with Crippen molar-refractivity contribution in [1.82, 2.24) is 10.2 Å². The molecule has 2 aromatic carbocycles. The van der Waals surface area contributed by atoms with Gasteiger partial charge in [-0.3, -0.25) is 9.79 Å². The second-order valence-corrected chi connectivity index (χ2v) is 5.45. The van der Waals surface area contributed by atoms with Gasteiger partial charge in [0.2, 0.25) is 5.91 Å². The van der Waals surface area contributed by atoms with Gasteiger partial charge in [0, 0.05) is 26.3 Å². The number of benzene rings is 2. The van der Waals surface area contributed by atoms with Crippen LogP contribution >= 0.6 is 24.0 Å². The van der Waals surface area contributed by atoms with E-state index in [-0.39, 0.29) is 42.2 Å². The molecule has 0 fully saturated rings. The minimum atomic E-state index is -0.420. The van der Waals surface area contributed by atoms with E-state index in [2.05, 4.69) is 15.6 Å². The molecule has 26 heavy (non-hydrogen) atoms. The van der Waals surface area contributed by atoms with Crippen molar-refractivity contribution in [3.63, 3.8) is 0 Å². The Morgan fingerprint density at radius 3 is 2.38 bits per heavy atom. The van der Waals surface area contributed by atoms with Crippen LogP contribution in [0.1, 0.15) is 5.56 Å². The molecule has 0 bridgehead atoms. The molecular formula is C18H21F2IN4O. The van der Waals surface area contributed by atoms with Crippen molar-refractivity contribution in [3.8, 4) is 0 Å². The molecule has 0 aliphatic rings. The number of halogens is 3. The fourth-order valence-electron chi connectivity index (χ4n) is 2.30. The molecule has 0 aromatic heterocycles. The quantitative estimate of drug-likeness (QED) is 0.398. The average Bonchev–Trinajstić information content (AvgIpc) is 2.55. The van der Waals surface area contributed by atoms with Crippen LogP contribution in [0.2, 0.25) is 0 Å². The lowest BCUT2D eigenvalue weighted by Crippen LogP contribution is -2.42. The van der Waals surface area contributed by atoms with Gasteiger partial charge in [0.1, 0.15) is 11.6 Å². The monoisotopic (exact) mass is 474 g/mol. The highest BCUT2D eigenvalue weighted by Gasteiger charge is 2.09. The molecule has 1 amide bonds. The molecule has 0 radical (unpaired) electrons. The number of carbonyl (C=O) groups excluding carboxylic acids is 1. The highest BCUT2D eigenvalue weighted by Crippen LogP contribution is 2.09. The maximum atomic E-state index is 13.2. The number of aliphatic imine (C=N–C) groups is 1. The number of carbonyl (C=O) groups is 1. The summed E-state index contributed by atoms with van der Waals surface area (Å²) < 4.78 is 26.4. The molecular weight excluding hydrogens is 453 g/mol. The van der Waals surface area contributed by atoms with Crippen molar-refractivity contribution >= 4 is 41.5 Å². The number of hydrogen-bond acceptors (Lipinski definition) is 2. The van der Waals surface area contributed by atoms with E-state index in [0.29, 0.717) is 18.2 Å². The van der Waals surface area contributed by atoms with Crippen molar-refractivity contribution in [3.05, 3.63) is 65.7 Å². The zero-order chi connectivity index (χ0) is 18.2. The molecule has 0 aliphatic heterocycles. The van der Waals surface area contributed by atoms with E-state index in [4.69, 9.17) is 0 Å². The maximum absolute atomic E-state index is 13.2. The summed E-state index contributed by atoms with van der Waals surface area (Å²) in [7, 11) is 3.37. The van der Waals surface area contributed by atoms with Gasteiger partial charge in [0.15, 0.2) is 5.96 Å². The van der Waals surface area contributed by atoms with Gasteiger partial charge >= 0.3 is 0 Å². The second-order valence-electron chi connectivity index (χ2n) is 5.45. The molecule has 0 saturated heterocycles. The highest BCUT2D eigenvalue weighted by molar-refractivity contribution is 14.0. The molecule has 2 aromatic rings. The SMILES string of the molecule is CN=C(NCC(=O)Nc1cccc(F)c1)N(C)Cc1cccc(F)c1.I. The van der Waals surface area contributed by atoms with Crippen molar-refractivity contribution in [2.75, 3.05) is 26.0 Å². The molecule has 2 N–H and O–H groups in total. The van der Waals surface area contributed by atoms with Crippen LogP contribution in [0.3, 0.4) is 0 Å². The van der Waals surface area contributed by atoms with Crippen LogP contribution in [0, 0.1) is 11.6 Å². The molecule has 0 atom stereocenters. The minimum absolute atomic E-state index is 0. The average molecular weight is 474 g/mol. The van der Waals surface area contributed by atoms with Gasteiger partial charge in [-0.2, -0.15) is 0 Å². The number of hydrogen-bond donors (Lipinski definition) is 2. The number of nitrogens with zero attached hydrogens (tertiary/aromatic N) is 2. The first kappa shape index (κ1) is 21.8. The summed E-state index contributed by atoms with van der Waals surface area (Å²) >= 11 is 0. The highest BCUT2D eigenvalue weighted by atomic mass is 127. The topological polar surface area (TPSA) is 56.7 Å². The number of anilines is 1. The summed E-state index contributed by atoms with van der Waals surface area (Å²) in [6.45, 7) is 0.402. The number of guanidine groups is 1. The van der Waals surface area contributed by atoms with Crippen molar-refractivity contribution in [2.24, 2.45) is 4.99 Å². The summed E-state index contributed by atoms with van der Waals surface area (Å²) in [5.74, 6) is -0.565. The Morgan fingerprint density at radius 2 is 1.77 bits per heavy atom. The Kier molecular flexibility index (Phi) is 8.97. The molecule has 8 heteroatoms. The number of rotatable bonds is 5. The lowest BCUT2D eigenvalue weighted by atomic mass is 10.2. The Balaban J connectivity index is 0.00000338. The molecule has 2 rings (SSSR count). The summed E-state index contributed by atoms with van der Waals surface area (Å²) in [5.41, 5.74) is 1.17. The molecule has 0 saturated carbocycles. The van der Waals surface area contributed by atoms with Crippen LogP contribution in [0.5, 0.6) is 0 Å². The Hall–Kier alpha value is -2.23. The fourth-order valence-corrected chi connectivity index (χ4v) is 2.30. The van der Waals surface area contributed by atoms with E-state index in [9.17, 15) is 13.6 Å². The first-order chi connectivity index (χ1) is 12.0. The van der Waals surface area contributed by atoms with Crippen LogP contribution in [0.4, 0.5) is 14.5 Å². The molecule has 0 spiro atoms. The van der Waals surface area contributed by atoms with Crippen LogP contribution in [-0.4, -0.2) is 37.4 Å². The predicted octanol–water partition coefficient (Wildman–Crippen LogP) is 3.23. The molecule has 0 heterocycles. The smallest absolute Gasteiger partial charge is 0.243 e. The van der Waals surface area contributed by atoms with Crippen LogP contribution < -0.4 is 10.6 Å². The second kappa shape index (κ2) is 10.7. The summed E-state index contributed by atoms with van der Waals surface area (Å²) in [4.78, 5) is 17.8. The van der Waals surface area contributed by atoms with Crippen molar-refractivity contribution in [1.29, 1.82) is 0 Å². The van der Waals surface area contributed by atoms with Crippen molar-refractivity contribution in [2.45, 2.75) is 6.54 Å². The zero-order valence-electron chi connectivity index (χ0n) is 14.5. The predicted molar refractivity (Wildman–Crippen MR) is 110 cm³/mol. The van der Waals surface area contributed by atoms with E-state index in [1.807, 2.05) is 6.07 Å². The first-order valence-electron chi connectivity index (χ1n) is 7.69. The lowest BCUT2D eigenvalue weighted by Gasteiger charge is -2.22. The Labute approximate surface area is 168 Å². The Bertz CT molecular complexity index is 770. The number of nitrogens with one attached hydrogen (secondary N) is 2. The zero-order valence-corrected chi connectivity index (χ0v) is 16.8. The standard InChI is InChI=1S/C18H20F2N4O.HI/c1-21-18(24(2)12-13-5-3-6-14(19)9-13)22-11-17(25)23-16-8-4-7-15(20)10-16;/h3-10H,11-12H2,1-2H3,(H,21,22)(H,23,25);1H. The molecule has 0 aliphatic carbocycles. The van der Waals surface area contributed by atoms with Gasteiger partial charge in [-0.15, -0.1) is 24.0 Å². The summed E-state index contributed by atoms with van der Waals surface area (Å²) in [6, 6.07) is 11.9. The maximum Gasteiger partial charge on any atom is 0.243 e. The third kappa shape index (κ3) is 6.95. The van der Waals surface area contributed by atoms with E-state index >= 15 is 0 Å². The van der Waals surface area contributed by atoms with Gasteiger partial charge < -0.3 is 15.5 Å².